The van der Waals surface area contributed by atoms with Crippen LogP contribution in [-0.4, -0.2) is 0 Å². The van der Waals surface area contributed by atoms with Crippen LogP contribution in [0.1, 0.15) is 242 Å². The van der Waals surface area contributed by atoms with Crippen molar-refractivity contribution in [3.8, 4) is 0 Å². The third kappa shape index (κ3) is 16.5. The number of hydrogen-bond acceptors (Lipinski definition) is 0. The number of hydrogen-bond donors (Lipinski definition) is 0. The molecule has 0 heteroatoms. The highest BCUT2D eigenvalue weighted by Crippen LogP contribution is 2.51. The Hall–Kier alpha value is -7.80. The lowest BCUT2D eigenvalue weighted by Crippen LogP contribution is -2.28. The van der Waals surface area contributed by atoms with Gasteiger partial charge in [0.15, 0.2) is 0 Å². The van der Waals surface area contributed by atoms with Gasteiger partial charge in [-0.15, -0.1) is 0 Å². The first kappa shape index (κ1) is 70.7. The molecule has 6 atom stereocenters. The molecule has 8 rings (SSSR count). The summed E-state index contributed by atoms with van der Waals surface area (Å²) in [5.74, 6) is 0.373. The molecule has 0 saturated carbocycles. The minimum atomic E-state index is -0.227. The van der Waals surface area contributed by atoms with Gasteiger partial charge in [0.05, 0.1) is 55.4 Å². The third-order valence-corrected chi connectivity index (χ3v) is 20.6. The zero-order chi connectivity index (χ0) is 67.5. The van der Waals surface area contributed by atoms with Crippen LogP contribution < -0.4 is 0 Å². The molecule has 8 aromatic carbocycles. The molecular formula is C91H110+8. The average molecular weight is 1200 g/mol. The second kappa shape index (κ2) is 27.2. The van der Waals surface area contributed by atoms with E-state index in [1.165, 1.54) is 77.9 Å². The van der Waals surface area contributed by atoms with E-state index in [1.54, 1.807) is 0 Å². The van der Waals surface area contributed by atoms with Gasteiger partial charge in [-0.3, -0.25) is 0 Å². The van der Waals surface area contributed by atoms with E-state index in [0.717, 1.165) is 17.5 Å². The normalized spacial score (nSPS) is 14.8. The fourth-order valence-corrected chi connectivity index (χ4v) is 13.0. The van der Waals surface area contributed by atoms with Gasteiger partial charge in [-0.05, 0) is 140 Å². The first-order valence-electron chi connectivity index (χ1n) is 33.0. The molecule has 0 saturated heterocycles. The lowest BCUT2D eigenvalue weighted by molar-refractivity contribution is 0.368. The summed E-state index contributed by atoms with van der Waals surface area (Å²) >= 11 is 0. The van der Waals surface area contributed by atoms with Gasteiger partial charge in [-0.25, -0.2) is 0 Å². The Morgan fingerprint density at radius 2 is 0.505 bits per heavy atom. The van der Waals surface area contributed by atoms with Gasteiger partial charge in [0.1, 0.15) is 45.3 Å². The van der Waals surface area contributed by atoms with Crippen molar-refractivity contribution >= 4 is 12.2 Å². The Balaban J connectivity index is 0.000000428. The maximum atomic E-state index is 5.09. The molecule has 0 N–H and O–H groups in total. The summed E-state index contributed by atoms with van der Waals surface area (Å²) in [6.45, 7) is 80.2. The zero-order valence-corrected chi connectivity index (χ0v) is 58.9. The van der Waals surface area contributed by atoms with Crippen LogP contribution in [-0.2, 0) is 43.3 Å². The molecule has 0 amide bonds. The monoisotopic (exact) mass is 1200 g/mol. The molecule has 91 heavy (non-hydrogen) atoms. The summed E-state index contributed by atoms with van der Waals surface area (Å²) in [5.41, 5.74) is 18.7. The Morgan fingerprint density at radius 1 is 0.286 bits per heavy atom. The summed E-state index contributed by atoms with van der Waals surface area (Å²) in [4.78, 5) is 0. The van der Waals surface area contributed by atoms with E-state index in [4.69, 9.17) is 20.8 Å². The van der Waals surface area contributed by atoms with Gasteiger partial charge in [0, 0.05) is 44.4 Å². The van der Waals surface area contributed by atoms with Crippen molar-refractivity contribution < 1.29 is 0 Å². The fraction of sp³-hybridized carbons (Fsp3) is 0.341. The van der Waals surface area contributed by atoms with Crippen molar-refractivity contribution in [2.75, 3.05) is 0 Å². The van der Waals surface area contributed by atoms with Gasteiger partial charge < -0.3 is 0 Å². The molecule has 8 aromatic rings. The van der Waals surface area contributed by atoms with E-state index in [0.29, 0.717) is 0 Å². The second-order valence-corrected chi connectivity index (χ2v) is 31.6. The molecule has 0 fully saturated rings. The highest BCUT2D eigenvalue weighted by molar-refractivity contribution is 5.51. The molecule has 0 spiro atoms. The fourth-order valence-electron chi connectivity index (χ4n) is 13.0. The van der Waals surface area contributed by atoms with E-state index in [1.807, 2.05) is 12.2 Å². The molecule has 0 bridgehead atoms. The highest BCUT2D eigenvalue weighted by atomic mass is 14.4. The van der Waals surface area contributed by atoms with E-state index >= 15 is 0 Å². The van der Waals surface area contributed by atoms with Crippen LogP contribution >= 0.6 is 0 Å². The number of rotatable bonds is 23. The predicted octanol–water partition coefficient (Wildman–Crippen LogP) is 24.6. The van der Waals surface area contributed by atoms with E-state index < -0.39 is 0 Å². The Labute approximate surface area is 556 Å². The molecule has 0 aliphatic carbocycles. The van der Waals surface area contributed by atoms with Crippen LogP contribution in [0.15, 0.2) is 207 Å². The first-order valence-corrected chi connectivity index (χ1v) is 33.0. The zero-order valence-electron chi connectivity index (χ0n) is 58.9. The molecular weight excluding hydrogens is 1090 g/mol. The van der Waals surface area contributed by atoms with Gasteiger partial charge in [-0.1, -0.05) is 275 Å². The Morgan fingerprint density at radius 3 is 0.769 bits per heavy atom. The van der Waals surface area contributed by atoms with Crippen molar-refractivity contribution in [1.29, 1.82) is 0 Å². The van der Waals surface area contributed by atoms with Crippen LogP contribution in [0.25, 0.3) is 12.2 Å². The lowest BCUT2D eigenvalue weighted by atomic mass is 9.64. The maximum Gasteiger partial charge on any atom is 0.129 e. The van der Waals surface area contributed by atoms with Crippen LogP contribution in [0.2, 0.25) is 0 Å². The van der Waals surface area contributed by atoms with Crippen molar-refractivity contribution in [1.82, 2.24) is 0 Å². The molecule has 6 unspecified atom stereocenters. The van der Waals surface area contributed by atoms with Gasteiger partial charge in [-0.2, -0.15) is 0 Å². The van der Waals surface area contributed by atoms with E-state index in [2.05, 4.69) is 353 Å². The summed E-state index contributed by atoms with van der Waals surface area (Å²) in [5, 5.41) is 0. The van der Waals surface area contributed by atoms with Crippen molar-refractivity contribution in [2.24, 2.45) is 0 Å². The predicted molar refractivity (Wildman–Crippen MR) is 400 cm³/mol. The van der Waals surface area contributed by atoms with Crippen molar-refractivity contribution in [3.05, 3.63) is 352 Å². The van der Waals surface area contributed by atoms with Gasteiger partial charge >= 0.3 is 0 Å². The van der Waals surface area contributed by atoms with Gasteiger partial charge in [0.25, 0.3) is 0 Å². The highest BCUT2D eigenvalue weighted by Gasteiger charge is 2.42. The molecule has 0 aliphatic heterocycles. The maximum absolute atomic E-state index is 5.09. The molecule has 0 aromatic heterocycles. The van der Waals surface area contributed by atoms with E-state index in [-0.39, 0.29) is 78.8 Å². The Bertz CT molecular complexity index is 3600. The second-order valence-electron chi connectivity index (χ2n) is 31.6. The summed E-state index contributed by atoms with van der Waals surface area (Å²) < 4.78 is 0. The van der Waals surface area contributed by atoms with E-state index in [9.17, 15) is 0 Å². The molecule has 0 aliphatic rings. The minimum absolute atomic E-state index is 0.0405. The SMILES string of the molecule is C=Cc1ccc(C(C)(C)C([CH2+])c2ccc(C([CH2+])(C)C)cc2)cc1.C=Cc1ccc(C(C)(C)CC(c2ccc(C(C)(C)C([CH2+])c3ccc(C([CH2+])(C)C)cc3)cc2)C(c2ccc(C(C)(C)C([CH2+])c3ccc(C([CH2+])(C)C)cc3)cc2)C([CH2+])c2ccc(C([CH2+])(C)C)cc2)cc1. The van der Waals surface area contributed by atoms with Gasteiger partial charge in [0.2, 0.25) is 0 Å². The molecule has 0 nitrogen and oxygen atoms in total. The van der Waals surface area contributed by atoms with Crippen LogP contribution in [0.3, 0.4) is 0 Å². The standard InChI is InChI=1S/C68H82.C23H28/c1-20-49-21-33-58(34-22-49)66(14,15)45-61(53-29-41-59(42-30-53)67(16,17)47(3)51-25-37-56(38-26-51)64(8,9)10)62(46(2)50-23-35-55(36-24-50)63(5,6)7)54-31-43-60(44-32-54)68(18,19)48(4)52-27-39-57(40-28-52)65(11,12)13;1-8-18-9-13-21(14-10-18)23(6,7)17(2)19-11-15-20(16-12-19)22(3,4)5/h20-44,46-48,61-62H,1-5,8,11,45H2,6-7,9-10,12-19H3;8-17H,1-3H2,4-7H3/q+6;+2. The third-order valence-electron chi connectivity index (χ3n) is 20.6. The topological polar surface area (TPSA) is 0 Å². The largest absolute Gasteiger partial charge is 0.129 e. The molecule has 0 heterocycles. The summed E-state index contributed by atoms with van der Waals surface area (Å²) in [7, 11) is 0. The summed E-state index contributed by atoms with van der Waals surface area (Å²) in [6, 6.07) is 72.2. The van der Waals surface area contributed by atoms with Crippen molar-refractivity contribution in [3.63, 3.8) is 0 Å². The Kier molecular flexibility index (Phi) is 21.1. The molecule has 466 valence electrons. The molecule has 0 radical (unpaired) electrons. The van der Waals surface area contributed by atoms with Crippen LogP contribution in [0.4, 0.5) is 0 Å². The quantitative estimate of drug-likeness (QED) is 0.0560. The van der Waals surface area contributed by atoms with Crippen LogP contribution in [0, 0.1) is 55.4 Å². The smallest absolute Gasteiger partial charge is 0.0985 e. The van der Waals surface area contributed by atoms with Crippen molar-refractivity contribution in [2.45, 2.75) is 196 Å². The van der Waals surface area contributed by atoms with Crippen LogP contribution in [0.5, 0.6) is 0 Å². The summed E-state index contributed by atoms with van der Waals surface area (Å²) in [6.07, 6.45) is 4.70. The first-order chi connectivity index (χ1) is 42.2. The number of benzene rings is 8. The lowest BCUT2D eigenvalue weighted by Gasteiger charge is -2.37. The average Bonchev–Trinajstić information content (AvgIpc) is 0.814. The minimum Gasteiger partial charge on any atom is -0.0985 e.